The van der Waals surface area contributed by atoms with Gasteiger partial charge < -0.3 is 4.90 Å². The lowest BCUT2D eigenvalue weighted by molar-refractivity contribution is 0.259. The molecule has 1 saturated heterocycles. The summed E-state index contributed by atoms with van der Waals surface area (Å²) in [6.07, 6.45) is 6.96. The Labute approximate surface area is 150 Å². The first-order valence-electron chi connectivity index (χ1n) is 8.86. The van der Waals surface area contributed by atoms with Crippen LogP contribution in [0, 0.1) is 11.3 Å². The summed E-state index contributed by atoms with van der Waals surface area (Å²) in [4.78, 5) is 6.34. The van der Waals surface area contributed by atoms with Crippen molar-refractivity contribution in [2.24, 2.45) is 0 Å². The first kappa shape index (κ1) is 18.1. The molecular formula is C17H25N5O2S. The molecule has 8 heteroatoms. The molecule has 25 heavy (non-hydrogen) atoms. The summed E-state index contributed by atoms with van der Waals surface area (Å²) in [5, 5.41) is 9.00. The van der Waals surface area contributed by atoms with Crippen molar-refractivity contribution >= 4 is 16.0 Å². The van der Waals surface area contributed by atoms with Gasteiger partial charge in [-0.2, -0.15) is 22.3 Å². The molecule has 0 unspecified atom stereocenters. The molecule has 1 saturated carbocycles. The van der Waals surface area contributed by atoms with Gasteiger partial charge in [0.15, 0.2) is 0 Å². The van der Waals surface area contributed by atoms with Gasteiger partial charge in [0.25, 0.3) is 10.2 Å². The van der Waals surface area contributed by atoms with E-state index in [-0.39, 0.29) is 6.04 Å². The number of pyridine rings is 1. The van der Waals surface area contributed by atoms with Gasteiger partial charge in [0.05, 0.1) is 11.6 Å². The van der Waals surface area contributed by atoms with E-state index in [0.29, 0.717) is 31.7 Å². The molecule has 136 valence electrons. The van der Waals surface area contributed by atoms with Gasteiger partial charge in [-0.15, -0.1) is 0 Å². The molecule has 2 heterocycles. The largest absolute Gasteiger partial charge is 0.354 e. The zero-order chi connectivity index (χ0) is 17.9. The average molecular weight is 363 g/mol. The fourth-order valence-electron chi connectivity index (χ4n) is 3.62. The number of anilines is 1. The number of hydrogen-bond donors (Lipinski definition) is 0. The normalized spacial score (nSPS) is 20.6. The Bertz CT molecular complexity index is 732. The van der Waals surface area contributed by atoms with Crippen LogP contribution in [-0.4, -0.2) is 61.3 Å². The van der Waals surface area contributed by atoms with Crippen LogP contribution in [0.2, 0.25) is 0 Å². The van der Waals surface area contributed by atoms with Gasteiger partial charge in [-0.3, -0.25) is 0 Å². The summed E-state index contributed by atoms with van der Waals surface area (Å²) in [5.41, 5.74) is 0.567. The summed E-state index contributed by atoms with van der Waals surface area (Å²) in [6.45, 7) is 2.05. The Hall–Kier alpha value is -1.69. The highest BCUT2D eigenvalue weighted by atomic mass is 32.2. The van der Waals surface area contributed by atoms with Crippen LogP contribution in [0.4, 0.5) is 5.82 Å². The van der Waals surface area contributed by atoms with E-state index < -0.39 is 10.2 Å². The molecule has 0 atom stereocenters. The van der Waals surface area contributed by atoms with Gasteiger partial charge in [0.2, 0.25) is 0 Å². The third kappa shape index (κ3) is 3.94. The van der Waals surface area contributed by atoms with E-state index in [4.69, 9.17) is 5.26 Å². The lowest BCUT2D eigenvalue weighted by atomic mass is 9.96. The van der Waals surface area contributed by atoms with E-state index in [1.807, 2.05) is 4.90 Å². The second kappa shape index (κ2) is 7.68. The first-order valence-corrected chi connectivity index (χ1v) is 10.3. The quantitative estimate of drug-likeness (QED) is 0.811. The minimum atomic E-state index is -3.41. The molecule has 7 nitrogen and oxygen atoms in total. The van der Waals surface area contributed by atoms with Crippen molar-refractivity contribution in [3.63, 3.8) is 0 Å². The van der Waals surface area contributed by atoms with Crippen molar-refractivity contribution in [2.45, 2.75) is 38.1 Å². The van der Waals surface area contributed by atoms with E-state index >= 15 is 0 Å². The third-order valence-corrected chi connectivity index (χ3v) is 7.26. The molecule has 2 fully saturated rings. The van der Waals surface area contributed by atoms with Crippen molar-refractivity contribution in [1.82, 2.24) is 13.6 Å². The maximum absolute atomic E-state index is 12.9. The van der Waals surface area contributed by atoms with Crippen molar-refractivity contribution in [3.8, 4) is 6.07 Å². The molecular weight excluding hydrogens is 338 g/mol. The van der Waals surface area contributed by atoms with E-state index in [1.54, 1.807) is 34.0 Å². The SMILES string of the molecule is CN(C1CCCCC1)S(=O)(=O)N1CCN(c2cc(C#N)ccn2)CC1. The number of rotatable bonds is 4. The zero-order valence-electron chi connectivity index (χ0n) is 14.6. The highest BCUT2D eigenvalue weighted by Crippen LogP contribution is 2.25. The maximum atomic E-state index is 12.9. The summed E-state index contributed by atoms with van der Waals surface area (Å²) in [5.74, 6) is 0.733. The Morgan fingerprint density at radius 1 is 1.20 bits per heavy atom. The molecule has 1 aliphatic heterocycles. The lowest BCUT2D eigenvalue weighted by Crippen LogP contribution is -2.54. The van der Waals surface area contributed by atoms with Crippen molar-refractivity contribution < 1.29 is 8.42 Å². The molecule has 2 aliphatic rings. The molecule has 0 aromatic carbocycles. The topological polar surface area (TPSA) is 80.5 Å². The standard InChI is InChI=1S/C17H25N5O2S/c1-20(16-5-3-2-4-6-16)25(23,24)22-11-9-21(10-12-22)17-13-15(14-18)7-8-19-17/h7-8,13,16H,2-6,9-12H2,1H3. The number of aromatic nitrogens is 1. The van der Waals surface area contributed by atoms with Crippen LogP contribution < -0.4 is 4.90 Å². The number of nitrogens with zero attached hydrogens (tertiary/aromatic N) is 5. The summed E-state index contributed by atoms with van der Waals surface area (Å²) in [6, 6.07) is 5.66. The van der Waals surface area contributed by atoms with Gasteiger partial charge in [0.1, 0.15) is 5.82 Å². The fraction of sp³-hybridized carbons (Fsp3) is 0.647. The van der Waals surface area contributed by atoms with Crippen LogP contribution in [0.1, 0.15) is 37.7 Å². The molecule has 1 aromatic heterocycles. The highest BCUT2D eigenvalue weighted by molar-refractivity contribution is 7.86. The Morgan fingerprint density at radius 3 is 2.52 bits per heavy atom. The van der Waals surface area contributed by atoms with Crippen molar-refractivity contribution in [2.75, 3.05) is 38.1 Å². The number of piperazine rings is 1. The van der Waals surface area contributed by atoms with Crippen LogP contribution in [0.15, 0.2) is 18.3 Å². The summed E-state index contributed by atoms with van der Waals surface area (Å²) < 4.78 is 29.0. The Morgan fingerprint density at radius 2 is 1.88 bits per heavy atom. The monoisotopic (exact) mass is 363 g/mol. The van der Waals surface area contributed by atoms with Crippen LogP contribution >= 0.6 is 0 Å². The second-order valence-corrected chi connectivity index (χ2v) is 8.70. The van der Waals surface area contributed by atoms with Crippen molar-refractivity contribution in [3.05, 3.63) is 23.9 Å². The predicted molar refractivity (Wildman–Crippen MR) is 96.3 cm³/mol. The molecule has 1 aromatic rings. The molecule has 0 bridgehead atoms. The zero-order valence-corrected chi connectivity index (χ0v) is 15.5. The minimum absolute atomic E-state index is 0.130. The van der Waals surface area contributed by atoms with E-state index in [2.05, 4.69) is 11.1 Å². The summed E-state index contributed by atoms with van der Waals surface area (Å²) >= 11 is 0. The van der Waals surface area contributed by atoms with Crippen LogP contribution in [0.5, 0.6) is 0 Å². The summed E-state index contributed by atoms with van der Waals surface area (Å²) in [7, 11) is -1.69. The minimum Gasteiger partial charge on any atom is -0.354 e. The lowest BCUT2D eigenvalue weighted by Gasteiger charge is -2.39. The van der Waals surface area contributed by atoms with Gasteiger partial charge in [-0.05, 0) is 25.0 Å². The molecule has 0 radical (unpaired) electrons. The molecule has 3 rings (SSSR count). The maximum Gasteiger partial charge on any atom is 0.282 e. The van der Waals surface area contributed by atoms with E-state index in [9.17, 15) is 8.42 Å². The number of nitriles is 1. The second-order valence-electron chi connectivity index (χ2n) is 6.72. The molecule has 1 aliphatic carbocycles. The van der Waals surface area contributed by atoms with Crippen LogP contribution in [0.25, 0.3) is 0 Å². The van der Waals surface area contributed by atoms with Crippen LogP contribution in [0.3, 0.4) is 0 Å². The van der Waals surface area contributed by atoms with E-state index in [1.165, 1.54) is 6.42 Å². The van der Waals surface area contributed by atoms with Gasteiger partial charge in [-0.25, -0.2) is 4.98 Å². The Kier molecular flexibility index (Phi) is 5.57. The predicted octanol–water partition coefficient (Wildman–Crippen LogP) is 1.58. The van der Waals surface area contributed by atoms with E-state index in [0.717, 1.165) is 31.5 Å². The third-order valence-electron chi connectivity index (χ3n) is 5.22. The Balaban J connectivity index is 1.63. The molecule has 0 N–H and O–H groups in total. The average Bonchev–Trinajstić information content (AvgIpc) is 2.68. The molecule has 0 amide bonds. The fourth-order valence-corrected chi connectivity index (χ4v) is 5.20. The van der Waals surface area contributed by atoms with Gasteiger partial charge in [0, 0.05) is 45.5 Å². The van der Waals surface area contributed by atoms with Gasteiger partial charge in [-0.1, -0.05) is 19.3 Å². The number of hydrogen-bond acceptors (Lipinski definition) is 5. The van der Waals surface area contributed by atoms with Gasteiger partial charge >= 0.3 is 0 Å². The van der Waals surface area contributed by atoms with Crippen molar-refractivity contribution in [1.29, 1.82) is 5.26 Å². The molecule has 0 spiro atoms. The first-order chi connectivity index (χ1) is 12.0. The van der Waals surface area contributed by atoms with Crippen LogP contribution in [-0.2, 0) is 10.2 Å². The highest BCUT2D eigenvalue weighted by Gasteiger charge is 2.34. The smallest absolute Gasteiger partial charge is 0.282 e.